The van der Waals surface area contributed by atoms with E-state index in [0.29, 0.717) is 26.1 Å². The molecule has 1 aromatic carbocycles. The van der Waals surface area contributed by atoms with E-state index in [0.717, 1.165) is 5.56 Å². The van der Waals surface area contributed by atoms with E-state index in [-0.39, 0.29) is 29.7 Å². The van der Waals surface area contributed by atoms with Crippen LogP contribution in [0.1, 0.15) is 53.0 Å². The van der Waals surface area contributed by atoms with E-state index >= 15 is 0 Å². The van der Waals surface area contributed by atoms with Crippen LogP contribution in [-0.2, 0) is 35.1 Å². The third-order valence-corrected chi connectivity index (χ3v) is 7.48. The first-order chi connectivity index (χ1) is 14.5. The summed E-state index contributed by atoms with van der Waals surface area (Å²) in [5.74, 6) is -1.88. The summed E-state index contributed by atoms with van der Waals surface area (Å²) in [6.07, 6.45) is 1.07. The van der Waals surface area contributed by atoms with Gasteiger partial charge < -0.3 is 18.9 Å². The van der Waals surface area contributed by atoms with Gasteiger partial charge in [0.25, 0.3) is 0 Å². The number of fused-ring (bicyclic) bond motifs is 1. The Balaban J connectivity index is 1.52. The van der Waals surface area contributed by atoms with E-state index in [9.17, 15) is 9.59 Å². The van der Waals surface area contributed by atoms with Gasteiger partial charge in [0.1, 0.15) is 16.8 Å². The first-order valence-corrected chi connectivity index (χ1v) is 11.3. The molecule has 31 heavy (non-hydrogen) atoms. The van der Waals surface area contributed by atoms with Crippen LogP contribution >= 0.6 is 0 Å². The summed E-state index contributed by atoms with van der Waals surface area (Å²) in [5, 5.41) is 0. The monoisotopic (exact) mass is 428 g/mol. The van der Waals surface area contributed by atoms with E-state index in [1.807, 2.05) is 65.0 Å². The molecule has 1 heterocycles. The number of Topliss-reactive ketones (excluding diaryl/α,β-unsaturated/α-hetero) is 1. The summed E-state index contributed by atoms with van der Waals surface area (Å²) < 4.78 is 24.5. The third-order valence-electron chi connectivity index (χ3n) is 7.48. The second-order valence-electron chi connectivity index (χ2n) is 10.9. The summed E-state index contributed by atoms with van der Waals surface area (Å²) in [6, 6.07) is 9.88. The zero-order valence-electron chi connectivity index (χ0n) is 19.0. The summed E-state index contributed by atoms with van der Waals surface area (Å²) in [5.41, 5.74) is -1.45. The Morgan fingerprint density at radius 1 is 1.19 bits per heavy atom. The summed E-state index contributed by atoms with van der Waals surface area (Å²) in [4.78, 5) is 27.2. The first kappa shape index (κ1) is 21.1. The molecule has 1 aromatic rings. The van der Waals surface area contributed by atoms with Gasteiger partial charge in [0.2, 0.25) is 0 Å². The molecule has 5 fully saturated rings. The standard InChI is InChI=1S/C25H32O6/c1-22(2,3)31-21(27)25-18(17-14-28-23(4,5)30-17)16-11-12-24(25,20(25)19(16)26)29-13-15-9-7-6-8-10-15/h6-10,16-18,20H,11-14H2,1-5H3/t16-,17-,18-,20?,24+,25+/m1/s1. The molecule has 0 spiro atoms. The van der Waals surface area contributed by atoms with Crippen LogP contribution in [0.2, 0.25) is 0 Å². The number of hydrogen-bond acceptors (Lipinski definition) is 6. The lowest BCUT2D eigenvalue weighted by molar-refractivity contribution is -0.188. The number of carbonyl (C=O) groups excluding carboxylic acids is 2. The van der Waals surface area contributed by atoms with E-state index in [2.05, 4.69) is 0 Å². The second kappa shape index (κ2) is 6.63. The average Bonchev–Trinajstić information content (AvgIpc) is 3.05. The highest BCUT2D eigenvalue weighted by atomic mass is 16.7. The van der Waals surface area contributed by atoms with Crippen LogP contribution in [0.3, 0.4) is 0 Å². The highest BCUT2D eigenvalue weighted by Gasteiger charge is 2.95. The van der Waals surface area contributed by atoms with Crippen molar-refractivity contribution in [2.45, 2.75) is 77.2 Å². The minimum atomic E-state index is -0.997. The fourth-order valence-corrected chi connectivity index (χ4v) is 6.51. The number of hydrogen-bond donors (Lipinski definition) is 0. The van der Waals surface area contributed by atoms with Crippen molar-refractivity contribution >= 4 is 11.8 Å². The van der Waals surface area contributed by atoms with Gasteiger partial charge >= 0.3 is 5.97 Å². The Morgan fingerprint density at radius 3 is 2.52 bits per heavy atom. The Labute approximate surface area is 183 Å². The topological polar surface area (TPSA) is 71.1 Å². The molecule has 5 aliphatic rings. The summed E-state index contributed by atoms with van der Waals surface area (Å²) >= 11 is 0. The number of benzene rings is 1. The van der Waals surface area contributed by atoms with Crippen molar-refractivity contribution in [1.29, 1.82) is 0 Å². The molecule has 0 N–H and O–H groups in total. The maximum absolute atomic E-state index is 13.8. The van der Waals surface area contributed by atoms with Crippen molar-refractivity contribution in [2.75, 3.05) is 6.61 Å². The van der Waals surface area contributed by atoms with Gasteiger partial charge in [0.15, 0.2) is 5.79 Å². The molecular formula is C25H32O6. The first-order valence-electron chi connectivity index (χ1n) is 11.3. The van der Waals surface area contributed by atoms with Gasteiger partial charge in [-0.3, -0.25) is 9.59 Å². The highest BCUT2D eigenvalue weighted by molar-refractivity contribution is 6.05. The lowest BCUT2D eigenvalue weighted by Gasteiger charge is -2.42. The summed E-state index contributed by atoms with van der Waals surface area (Å²) in [7, 11) is 0. The van der Waals surface area contributed by atoms with Gasteiger partial charge in [-0.2, -0.15) is 0 Å². The number of carbonyl (C=O) groups is 2. The van der Waals surface area contributed by atoms with Gasteiger partial charge in [-0.05, 0) is 53.0 Å². The fourth-order valence-electron chi connectivity index (χ4n) is 6.51. The molecule has 4 saturated carbocycles. The van der Waals surface area contributed by atoms with Gasteiger partial charge in [-0.15, -0.1) is 0 Å². The van der Waals surface area contributed by atoms with E-state index in [4.69, 9.17) is 18.9 Å². The molecule has 4 bridgehead atoms. The number of ether oxygens (including phenoxy) is 4. The van der Waals surface area contributed by atoms with Gasteiger partial charge in [-0.1, -0.05) is 30.3 Å². The maximum Gasteiger partial charge on any atom is 0.316 e. The van der Waals surface area contributed by atoms with Crippen LogP contribution in [-0.4, -0.2) is 41.5 Å². The van der Waals surface area contributed by atoms with Gasteiger partial charge in [0, 0.05) is 11.8 Å². The molecule has 6 heteroatoms. The minimum Gasteiger partial charge on any atom is -0.459 e. The fraction of sp³-hybridized carbons (Fsp3) is 0.680. The second-order valence-corrected chi connectivity index (χ2v) is 10.9. The van der Waals surface area contributed by atoms with Crippen LogP contribution in [0.5, 0.6) is 0 Å². The smallest absolute Gasteiger partial charge is 0.316 e. The van der Waals surface area contributed by atoms with Crippen molar-refractivity contribution in [2.24, 2.45) is 23.2 Å². The normalized spacial score (nSPS) is 40.1. The molecule has 168 valence electrons. The highest BCUT2D eigenvalue weighted by Crippen LogP contribution is 2.81. The molecule has 6 atom stereocenters. The van der Waals surface area contributed by atoms with Crippen molar-refractivity contribution in [3.63, 3.8) is 0 Å². The van der Waals surface area contributed by atoms with Crippen molar-refractivity contribution in [1.82, 2.24) is 0 Å². The molecule has 4 aliphatic carbocycles. The van der Waals surface area contributed by atoms with Crippen LogP contribution < -0.4 is 0 Å². The van der Waals surface area contributed by atoms with E-state index < -0.39 is 28.3 Å². The minimum absolute atomic E-state index is 0.128. The van der Waals surface area contributed by atoms with Gasteiger partial charge in [0.05, 0.1) is 30.8 Å². The lowest BCUT2D eigenvalue weighted by atomic mass is 9.68. The predicted molar refractivity (Wildman–Crippen MR) is 112 cm³/mol. The van der Waals surface area contributed by atoms with Crippen LogP contribution in [0.4, 0.5) is 0 Å². The maximum atomic E-state index is 13.8. The van der Waals surface area contributed by atoms with Crippen molar-refractivity contribution < 1.29 is 28.5 Å². The molecule has 1 saturated heterocycles. The number of ketones is 1. The Morgan fingerprint density at radius 2 is 1.90 bits per heavy atom. The lowest BCUT2D eigenvalue weighted by Crippen LogP contribution is -2.52. The molecule has 6 rings (SSSR count). The quantitative estimate of drug-likeness (QED) is 0.667. The molecule has 0 amide bonds. The molecular weight excluding hydrogens is 396 g/mol. The van der Waals surface area contributed by atoms with E-state index in [1.165, 1.54) is 0 Å². The van der Waals surface area contributed by atoms with Gasteiger partial charge in [-0.25, -0.2) is 0 Å². The molecule has 0 radical (unpaired) electrons. The van der Waals surface area contributed by atoms with Crippen LogP contribution in [0.15, 0.2) is 30.3 Å². The third kappa shape index (κ3) is 2.95. The zero-order valence-corrected chi connectivity index (χ0v) is 19.0. The molecule has 0 aromatic heterocycles. The summed E-state index contributed by atoms with van der Waals surface area (Å²) in [6.45, 7) is 10.0. The Bertz CT molecular complexity index is 902. The predicted octanol–water partition coefficient (Wildman–Crippen LogP) is 3.66. The van der Waals surface area contributed by atoms with Crippen molar-refractivity contribution in [3.05, 3.63) is 35.9 Å². The van der Waals surface area contributed by atoms with Crippen molar-refractivity contribution in [3.8, 4) is 0 Å². The average molecular weight is 429 g/mol. The molecule has 6 nitrogen and oxygen atoms in total. The Hall–Kier alpha value is -1.76. The number of esters is 1. The Kier molecular flexibility index (Phi) is 4.51. The van der Waals surface area contributed by atoms with Crippen LogP contribution in [0, 0.1) is 23.2 Å². The SMILES string of the molecule is CC(C)(C)OC(=O)[C@]12C3C(=O)[C@H](CC[C@]31OCc1ccccc1)[C@@H]2[C@H]1COC(C)(C)O1. The zero-order chi connectivity index (χ0) is 22.2. The number of rotatable bonds is 5. The molecule has 1 unspecified atom stereocenters. The molecule has 1 aliphatic heterocycles. The van der Waals surface area contributed by atoms with Crippen LogP contribution in [0.25, 0.3) is 0 Å². The largest absolute Gasteiger partial charge is 0.459 e. The van der Waals surface area contributed by atoms with E-state index in [1.54, 1.807) is 0 Å².